The van der Waals surface area contributed by atoms with Gasteiger partial charge >= 0.3 is 0 Å². The van der Waals surface area contributed by atoms with E-state index in [1.807, 2.05) is 31.2 Å². The maximum absolute atomic E-state index is 8.49. The Morgan fingerprint density at radius 3 is 2.67 bits per heavy atom. The van der Waals surface area contributed by atoms with Crippen LogP contribution in [0.4, 0.5) is 0 Å². The molecular weight excluding hydrogens is 146 g/mol. The van der Waals surface area contributed by atoms with Gasteiger partial charge in [-0.3, -0.25) is 0 Å². The van der Waals surface area contributed by atoms with Crippen molar-refractivity contribution in [3.63, 3.8) is 0 Å². The van der Waals surface area contributed by atoms with Crippen molar-refractivity contribution >= 4 is 0 Å². The largest absolute Gasteiger partial charge is 0.193 e. The van der Waals surface area contributed by atoms with Crippen molar-refractivity contribution in [3.05, 3.63) is 47.5 Å². The summed E-state index contributed by atoms with van der Waals surface area (Å²) in [6, 6.07) is 12.2. The molecule has 0 unspecified atom stereocenters. The topological polar surface area (TPSA) is 23.8 Å². The molecule has 0 amide bonds. The Bertz CT molecular complexity index is 304. The predicted octanol–water partition coefficient (Wildman–Crippen LogP) is 2.70. The lowest BCUT2D eigenvalue weighted by molar-refractivity contribution is 1.24. The fourth-order valence-corrected chi connectivity index (χ4v) is 0.931. The number of rotatable bonds is 2. The smallest absolute Gasteiger partial charge is 0.0940 e. The number of hydrogen-bond acceptors (Lipinski definition) is 1. The third kappa shape index (κ3) is 2.59. The van der Waals surface area contributed by atoms with Crippen LogP contribution in [-0.2, 0) is 6.42 Å². The zero-order valence-corrected chi connectivity index (χ0v) is 7.12. The van der Waals surface area contributed by atoms with Crippen LogP contribution in [0.15, 0.2) is 42.0 Å². The lowest BCUT2D eigenvalue weighted by Crippen LogP contribution is -1.80. The van der Waals surface area contributed by atoms with Crippen LogP contribution in [0.1, 0.15) is 12.5 Å². The summed E-state index contributed by atoms with van der Waals surface area (Å²) in [7, 11) is 0. The second kappa shape index (κ2) is 4.35. The van der Waals surface area contributed by atoms with E-state index in [1.165, 1.54) is 5.56 Å². The van der Waals surface area contributed by atoms with Gasteiger partial charge in [0, 0.05) is 5.57 Å². The Morgan fingerprint density at radius 1 is 1.42 bits per heavy atom. The zero-order chi connectivity index (χ0) is 8.81. The third-order valence-electron chi connectivity index (χ3n) is 1.66. The summed E-state index contributed by atoms with van der Waals surface area (Å²) in [5, 5.41) is 8.49. The van der Waals surface area contributed by atoms with Crippen molar-refractivity contribution in [2.24, 2.45) is 0 Å². The maximum atomic E-state index is 8.49. The Morgan fingerprint density at radius 2 is 2.08 bits per heavy atom. The van der Waals surface area contributed by atoms with Gasteiger partial charge in [0.15, 0.2) is 0 Å². The normalized spacial score (nSPS) is 10.8. The molecule has 1 nitrogen and oxygen atoms in total. The van der Waals surface area contributed by atoms with Crippen molar-refractivity contribution < 1.29 is 0 Å². The molecule has 0 bridgehead atoms. The molecule has 0 aliphatic carbocycles. The van der Waals surface area contributed by atoms with Gasteiger partial charge < -0.3 is 0 Å². The van der Waals surface area contributed by atoms with Gasteiger partial charge in [0.1, 0.15) is 0 Å². The summed E-state index contributed by atoms with van der Waals surface area (Å²) in [6.07, 6.45) is 2.79. The first-order valence-corrected chi connectivity index (χ1v) is 3.93. The van der Waals surface area contributed by atoms with E-state index in [2.05, 4.69) is 18.2 Å². The van der Waals surface area contributed by atoms with E-state index < -0.39 is 0 Å². The molecule has 0 saturated carbocycles. The average molecular weight is 157 g/mol. The highest BCUT2D eigenvalue weighted by atomic mass is 14.2. The summed E-state index contributed by atoms with van der Waals surface area (Å²) in [5.74, 6) is 0. The Hall–Kier alpha value is -1.55. The van der Waals surface area contributed by atoms with Crippen LogP contribution in [0.3, 0.4) is 0 Å². The summed E-state index contributed by atoms with van der Waals surface area (Å²) in [5.41, 5.74) is 2.02. The van der Waals surface area contributed by atoms with E-state index in [-0.39, 0.29) is 0 Å². The number of hydrogen-bond donors (Lipinski definition) is 0. The molecule has 0 aliphatic heterocycles. The Balaban J connectivity index is 2.61. The molecule has 0 atom stereocenters. The first-order chi connectivity index (χ1) is 5.83. The molecule has 1 heteroatoms. The fourth-order valence-electron chi connectivity index (χ4n) is 0.931. The minimum Gasteiger partial charge on any atom is -0.193 e. The zero-order valence-electron chi connectivity index (χ0n) is 7.12. The number of allylic oxidation sites excluding steroid dienone is 2. The summed E-state index contributed by atoms with van der Waals surface area (Å²) >= 11 is 0. The van der Waals surface area contributed by atoms with Crippen molar-refractivity contribution in [3.8, 4) is 6.07 Å². The summed E-state index contributed by atoms with van der Waals surface area (Å²) in [4.78, 5) is 0. The lowest BCUT2D eigenvalue weighted by Gasteiger charge is -1.93. The van der Waals surface area contributed by atoms with Gasteiger partial charge in [-0.1, -0.05) is 36.4 Å². The van der Waals surface area contributed by atoms with Crippen LogP contribution in [0.5, 0.6) is 0 Å². The van der Waals surface area contributed by atoms with E-state index in [1.54, 1.807) is 0 Å². The summed E-state index contributed by atoms with van der Waals surface area (Å²) < 4.78 is 0. The van der Waals surface area contributed by atoms with Crippen LogP contribution in [0.25, 0.3) is 0 Å². The second-order valence-corrected chi connectivity index (χ2v) is 2.69. The second-order valence-electron chi connectivity index (χ2n) is 2.69. The fraction of sp³-hybridized carbons (Fsp3) is 0.182. The highest BCUT2D eigenvalue weighted by molar-refractivity contribution is 5.23. The molecule has 1 aromatic carbocycles. The molecule has 1 aromatic rings. The van der Waals surface area contributed by atoms with Gasteiger partial charge in [-0.05, 0) is 18.9 Å². The lowest BCUT2D eigenvalue weighted by atomic mass is 10.1. The van der Waals surface area contributed by atoms with E-state index in [4.69, 9.17) is 5.26 Å². The van der Waals surface area contributed by atoms with E-state index in [9.17, 15) is 0 Å². The molecule has 0 heterocycles. The van der Waals surface area contributed by atoms with Gasteiger partial charge in [0.2, 0.25) is 0 Å². The molecule has 0 N–H and O–H groups in total. The number of benzene rings is 1. The molecule has 0 aromatic heterocycles. The van der Waals surface area contributed by atoms with Gasteiger partial charge in [0.25, 0.3) is 0 Å². The highest BCUT2D eigenvalue weighted by Crippen LogP contribution is 2.01. The molecule has 0 radical (unpaired) electrons. The van der Waals surface area contributed by atoms with Crippen LogP contribution in [0.2, 0.25) is 0 Å². The van der Waals surface area contributed by atoms with E-state index in [0.717, 1.165) is 12.0 Å². The van der Waals surface area contributed by atoms with Crippen LogP contribution in [0, 0.1) is 11.3 Å². The Kier molecular flexibility index (Phi) is 3.10. The monoisotopic (exact) mass is 157 g/mol. The number of nitrogens with zero attached hydrogens (tertiary/aromatic N) is 1. The van der Waals surface area contributed by atoms with Gasteiger partial charge in [-0.25, -0.2) is 0 Å². The third-order valence-corrected chi connectivity index (χ3v) is 1.66. The first-order valence-electron chi connectivity index (χ1n) is 3.93. The first kappa shape index (κ1) is 8.55. The van der Waals surface area contributed by atoms with Crippen molar-refractivity contribution in [1.82, 2.24) is 0 Å². The van der Waals surface area contributed by atoms with Crippen molar-refractivity contribution in [1.29, 1.82) is 5.26 Å². The van der Waals surface area contributed by atoms with Gasteiger partial charge in [-0.2, -0.15) is 5.26 Å². The number of nitriles is 1. The molecule has 0 spiro atoms. The molecule has 0 aliphatic rings. The van der Waals surface area contributed by atoms with Crippen LogP contribution >= 0.6 is 0 Å². The van der Waals surface area contributed by atoms with E-state index in [0.29, 0.717) is 0 Å². The quantitative estimate of drug-likeness (QED) is 0.605. The minimum absolute atomic E-state index is 0.777. The summed E-state index contributed by atoms with van der Waals surface area (Å²) in [6.45, 7) is 1.82. The highest BCUT2D eigenvalue weighted by Gasteiger charge is 1.87. The molecule has 12 heavy (non-hydrogen) atoms. The molecule has 0 fully saturated rings. The van der Waals surface area contributed by atoms with Crippen LogP contribution < -0.4 is 0 Å². The van der Waals surface area contributed by atoms with Crippen molar-refractivity contribution in [2.75, 3.05) is 0 Å². The molecule has 0 saturated heterocycles. The van der Waals surface area contributed by atoms with Crippen molar-refractivity contribution in [2.45, 2.75) is 13.3 Å². The molecule has 60 valence electrons. The van der Waals surface area contributed by atoms with Gasteiger partial charge in [0.05, 0.1) is 6.07 Å². The van der Waals surface area contributed by atoms with E-state index >= 15 is 0 Å². The van der Waals surface area contributed by atoms with Crippen LogP contribution in [-0.4, -0.2) is 0 Å². The molecular formula is C11H11N. The SMILES string of the molecule is CC(C#N)=CCc1ccccc1. The minimum atomic E-state index is 0.777. The predicted molar refractivity (Wildman–Crippen MR) is 49.5 cm³/mol. The maximum Gasteiger partial charge on any atom is 0.0940 e. The standard InChI is InChI=1S/C11H11N/c1-10(9-12)7-8-11-5-3-2-4-6-11/h2-7H,8H2,1H3. The Labute approximate surface area is 73.0 Å². The average Bonchev–Trinajstić information content (AvgIpc) is 2.16. The van der Waals surface area contributed by atoms with Gasteiger partial charge in [-0.15, -0.1) is 0 Å². The molecule has 1 rings (SSSR count).